The minimum atomic E-state index is -0.290. The van der Waals surface area contributed by atoms with Crippen LogP contribution in [0.1, 0.15) is 57.4 Å². The van der Waals surface area contributed by atoms with Crippen molar-refractivity contribution in [1.82, 2.24) is 14.8 Å². The molecule has 0 radical (unpaired) electrons. The molecule has 0 amide bonds. The first kappa shape index (κ1) is 21.4. The van der Waals surface area contributed by atoms with Crippen LogP contribution in [0.4, 0.5) is 5.95 Å². The zero-order valence-electron chi connectivity index (χ0n) is 18.6. The van der Waals surface area contributed by atoms with Crippen molar-refractivity contribution in [3.05, 3.63) is 82.6 Å². The maximum Gasteiger partial charge on any atom is 0.227 e. The lowest BCUT2D eigenvalue weighted by Gasteiger charge is -2.28. The van der Waals surface area contributed by atoms with Gasteiger partial charge in [-0.25, -0.2) is 4.68 Å². The van der Waals surface area contributed by atoms with E-state index in [1.54, 1.807) is 18.7 Å². The lowest BCUT2D eigenvalue weighted by molar-refractivity contribution is -0.114. The SMILES string of the molecule is CC(=O)C1=C(C)Nc2nc(SCc3ccccc3)nn2C1c1ccc(C(C)(C)C)cc1. The molecule has 0 fully saturated rings. The highest BCUT2D eigenvalue weighted by molar-refractivity contribution is 7.98. The molecular weight excluding hydrogens is 404 g/mol. The maximum atomic E-state index is 12.6. The second-order valence-corrected chi connectivity index (χ2v) is 9.87. The molecule has 0 saturated carbocycles. The minimum absolute atomic E-state index is 0.0366. The standard InChI is InChI=1S/C25H28N4OS/c1-16-21(17(2)30)22(19-11-13-20(14-12-19)25(3,4)5)29-23(26-16)27-24(28-29)31-15-18-9-7-6-8-10-18/h6-14,22H,15H2,1-5H3,(H,26,27,28). The molecule has 3 aromatic rings. The van der Waals surface area contributed by atoms with Gasteiger partial charge in [-0.1, -0.05) is 87.1 Å². The third kappa shape index (κ3) is 4.44. The maximum absolute atomic E-state index is 12.6. The zero-order valence-corrected chi connectivity index (χ0v) is 19.5. The van der Waals surface area contributed by atoms with Crippen molar-refractivity contribution in [3.63, 3.8) is 0 Å². The van der Waals surface area contributed by atoms with Gasteiger partial charge in [0.05, 0.1) is 0 Å². The lowest BCUT2D eigenvalue weighted by Crippen LogP contribution is -2.28. The van der Waals surface area contributed by atoms with Crippen molar-refractivity contribution in [2.45, 2.75) is 57.0 Å². The molecule has 31 heavy (non-hydrogen) atoms. The van der Waals surface area contributed by atoms with Crippen molar-refractivity contribution in [3.8, 4) is 0 Å². The summed E-state index contributed by atoms with van der Waals surface area (Å²) in [5, 5.41) is 8.76. The molecule has 0 spiro atoms. The van der Waals surface area contributed by atoms with Gasteiger partial charge >= 0.3 is 0 Å². The highest BCUT2D eigenvalue weighted by atomic mass is 32.2. The van der Waals surface area contributed by atoms with Gasteiger partial charge in [0.25, 0.3) is 0 Å². The number of allylic oxidation sites excluding steroid dienone is 2. The number of aromatic nitrogens is 3. The van der Waals surface area contributed by atoms with Crippen LogP contribution in [0.25, 0.3) is 0 Å². The van der Waals surface area contributed by atoms with Crippen molar-refractivity contribution >= 4 is 23.5 Å². The van der Waals surface area contributed by atoms with Gasteiger partial charge in [-0.3, -0.25) is 4.79 Å². The lowest BCUT2D eigenvalue weighted by atomic mass is 9.85. The van der Waals surface area contributed by atoms with Gasteiger partial charge in [-0.05, 0) is 36.0 Å². The molecule has 2 aromatic carbocycles. The molecule has 4 rings (SSSR count). The first-order chi connectivity index (χ1) is 14.7. The predicted molar refractivity (Wildman–Crippen MR) is 126 cm³/mol. The van der Waals surface area contributed by atoms with Crippen molar-refractivity contribution < 1.29 is 4.79 Å². The Morgan fingerprint density at radius 2 is 1.77 bits per heavy atom. The topological polar surface area (TPSA) is 59.8 Å². The van der Waals surface area contributed by atoms with Crippen LogP contribution in [0.2, 0.25) is 0 Å². The number of rotatable bonds is 5. The van der Waals surface area contributed by atoms with Gasteiger partial charge < -0.3 is 5.32 Å². The summed E-state index contributed by atoms with van der Waals surface area (Å²) in [5.41, 5.74) is 5.14. The Kier molecular flexibility index (Phi) is 5.75. The average Bonchev–Trinajstić information content (AvgIpc) is 3.13. The van der Waals surface area contributed by atoms with E-state index in [4.69, 9.17) is 10.1 Å². The molecule has 1 aromatic heterocycles. The summed E-state index contributed by atoms with van der Waals surface area (Å²) in [5.74, 6) is 1.50. The fourth-order valence-corrected chi connectivity index (χ4v) is 4.63. The van der Waals surface area contributed by atoms with Crippen LogP contribution in [0, 0.1) is 0 Å². The van der Waals surface area contributed by atoms with Gasteiger partial charge in [0.1, 0.15) is 6.04 Å². The summed E-state index contributed by atoms with van der Waals surface area (Å²) < 4.78 is 1.85. The number of hydrogen-bond donors (Lipinski definition) is 1. The molecule has 0 saturated heterocycles. The van der Waals surface area contributed by atoms with E-state index in [0.717, 1.165) is 22.6 Å². The van der Waals surface area contributed by atoms with Crippen LogP contribution in [-0.2, 0) is 16.0 Å². The molecule has 160 valence electrons. The van der Waals surface area contributed by atoms with Crippen LogP contribution in [0.15, 0.2) is 71.0 Å². The highest BCUT2D eigenvalue weighted by Gasteiger charge is 2.32. The third-order valence-corrected chi connectivity index (χ3v) is 6.42. The number of fused-ring (bicyclic) bond motifs is 1. The molecule has 0 bridgehead atoms. The Bertz CT molecular complexity index is 1120. The number of anilines is 1. The predicted octanol–water partition coefficient (Wildman–Crippen LogP) is 5.75. The van der Waals surface area contributed by atoms with Crippen LogP contribution in [0.5, 0.6) is 0 Å². The smallest absolute Gasteiger partial charge is 0.227 e. The Hall–Kier alpha value is -2.86. The van der Waals surface area contributed by atoms with E-state index in [9.17, 15) is 4.79 Å². The van der Waals surface area contributed by atoms with E-state index in [2.05, 4.69) is 62.5 Å². The minimum Gasteiger partial charge on any atom is -0.328 e. The van der Waals surface area contributed by atoms with Gasteiger partial charge in [0, 0.05) is 17.0 Å². The van der Waals surface area contributed by atoms with E-state index in [0.29, 0.717) is 11.1 Å². The molecule has 1 unspecified atom stereocenters. The molecular formula is C25H28N4OS. The number of Topliss-reactive ketones (excluding diaryl/α,β-unsaturated/α-hetero) is 1. The number of hydrogen-bond acceptors (Lipinski definition) is 5. The quantitative estimate of drug-likeness (QED) is 0.521. The van der Waals surface area contributed by atoms with Crippen LogP contribution in [-0.4, -0.2) is 20.5 Å². The number of nitrogens with one attached hydrogen (secondary N) is 1. The van der Waals surface area contributed by atoms with Crippen LogP contribution in [0.3, 0.4) is 0 Å². The second-order valence-electron chi connectivity index (χ2n) is 8.93. The monoisotopic (exact) mass is 432 g/mol. The molecule has 1 aliphatic rings. The van der Waals surface area contributed by atoms with Gasteiger partial charge in [0.2, 0.25) is 11.1 Å². The molecule has 6 heteroatoms. The Morgan fingerprint density at radius 1 is 1.10 bits per heavy atom. The number of carbonyl (C=O) groups excluding carboxylic acids is 1. The molecule has 0 aliphatic carbocycles. The average molecular weight is 433 g/mol. The van der Waals surface area contributed by atoms with E-state index in [-0.39, 0.29) is 17.2 Å². The molecule has 1 atom stereocenters. The third-order valence-electron chi connectivity index (χ3n) is 5.52. The fourth-order valence-electron chi connectivity index (χ4n) is 3.84. The fraction of sp³-hybridized carbons (Fsp3) is 0.320. The van der Waals surface area contributed by atoms with Crippen LogP contribution >= 0.6 is 11.8 Å². The first-order valence-electron chi connectivity index (χ1n) is 10.5. The number of nitrogens with zero attached hydrogens (tertiary/aromatic N) is 3. The van der Waals surface area contributed by atoms with Crippen LogP contribution < -0.4 is 5.32 Å². The number of ketones is 1. The highest BCUT2D eigenvalue weighted by Crippen LogP contribution is 2.37. The molecule has 1 N–H and O–H groups in total. The Balaban J connectivity index is 1.69. The summed E-state index contributed by atoms with van der Waals surface area (Å²) in [4.78, 5) is 17.3. The van der Waals surface area contributed by atoms with E-state index in [1.165, 1.54) is 11.1 Å². The molecule has 5 nitrogen and oxygen atoms in total. The Morgan fingerprint density at radius 3 is 2.39 bits per heavy atom. The van der Waals surface area contributed by atoms with E-state index < -0.39 is 0 Å². The van der Waals surface area contributed by atoms with Gasteiger partial charge in [-0.2, -0.15) is 4.98 Å². The number of thioether (sulfide) groups is 1. The van der Waals surface area contributed by atoms with Gasteiger partial charge in [-0.15, -0.1) is 5.10 Å². The summed E-state index contributed by atoms with van der Waals surface area (Å²) in [6.07, 6.45) is 0. The first-order valence-corrected chi connectivity index (χ1v) is 11.4. The molecule has 1 aliphatic heterocycles. The number of carbonyl (C=O) groups is 1. The van der Waals surface area contributed by atoms with Crippen molar-refractivity contribution in [1.29, 1.82) is 0 Å². The summed E-state index contributed by atoms with van der Waals surface area (Å²) >= 11 is 1.59. The van der Waals surface area contributed by atoms with Crippen molar-refractivity contribution in [2.75, 3.05) is 5.32 Å². The summed E-state index contributed by atoms with van der Waals surface area (Å²) in [7, 11) is 0. The normalized spacial score (nSPS) is 16.1. The Labute approximate surface area is 188 Å². The zero-order chi connectivity index (χ0) is 22.2. The summed E-state index contributed by atoms with van der Waals surface area (Å²) in [6.45, 7) is 10.1. The molecule has 2 heterocycles. The van der Waals surface area contributed by atoms with Crippen molar-refractivity contribution in [2.24, 2.45) is 0 Å². The summed E-state index contributed by atoms with van der Waals surface area (Å²) in [6, 6.07) is 18.5. The second kappa shape index (κ2) is 8.35. The largest absolute Gasteiger partial charge is 0.328 e. The van der Waals surface area contributed by atoms with E-state index in [1.807, 2.05) is 29.8 Å². The number of benzene rings is 2. The van der Waals surface area contributed by atoms with Gasteiger partial charge in [0.15, 0.2) is 5.78 Å². The van der Waals surface area contributed by atoms with E-state index >= 15 is 0 Å².